The molecule has 8 nitrogen and oxygen atoms in total. The van der Waals surface area contributed by atoms with E-state index >= 15 is 0 Å². The molecular weight excluding hydrogens is 372 g/mol. The van der Waals surface area contributed by atoms with E-state index < -0.39 is 20.7 Å². The number of nitro groups is 1. The van der Waals surface area contributed by atoms with Gasteiger partial charge in [-0.1, -0.05) is 18.2 Å². The van der Waals surface area contributed by atoms with Crippen LogP contribution in [0.2, 0.25) is 0 Å². The molecule has 2 aromatic rings. The number of rotatable bonds is 8. The molecule has 0 heterocycles. The van der Waals surface area contributed by atoms with Crippen molar-refractivity contribution in [2.24, 2.45) is 0 Å². The zero-order valence-electron chi connectivity index (χ0n) is 14.5. The molecular formula is C18H18N2O6S. The lowest BCUT2D eigenvalue weighted by Gasteiger charge is -2.12. The Morgan fingerprint density at radius 1 is 1.30 bits per heavy atom. The van der Waals surface area contributed by atoms with E-state index in [9.17, 15) is 23.3 Å². The second-order valence-electron chi connectivity index (χ2n) is 5.65. The third-order valence-corrected chi connectivity index (χ3v) is 4.69. The van der Waals surface area contributed by atoms with Crippen molar-refractivity contribution in [3.8, 4) is 5.75 Å². The van der Waals surface area contributed by atoms with Crippen LogP contribution in [0, 0.1) is 10.1 Å². The topological polar surface area (TPSA) is 116 Å². The van der Waals surface area contributed by atoms with Crippen molar-refractivity contribution in [1.29, 1.82) is 0 Å². The predicted molar refractivity (Wildman–Crippen MR) is 101 cm³/mol. The van der Waals surface area contributed by atoms with Gasteiger partial charge < -0.3 is 10.1 Å². The molecule has 0 radical (unpaired) electrons. The number of hydrogen-bond acceptors (Lipinski definition) is 6. The number of anilines is 1. The van der Waals surface area contributed by atoms with E-state index in [0.29, 0.717) is 17.7 Å². The minimum absolute atomic E-state index is 0.000956. The van der Waals surface area contributed by atoms with Crippen LogP contribution in [0.3, 0.4) is 0 Å². The van der Waals surface area contributed by atoms with Gasteiger partial charge in [-0.15, -0.1) is 6.58 Å². The first kappa shape index (κ1) is 20.1. The number of carbonyl (C=O) groups excluding carboxylic acids is 1. The van der Waals surface area contributed by atoms with Gasteiger partial charge in [-0.05, 0) is 24.6 Å². The summed E-state index contributed by atoms with van der Waals surface area (Å²) in [7, 11) is -3.50. The normalized spacial score (nSPS) is 10.9. The lowest BCUT2D eigenvalue weighted by molar-refractivity contribution is -0.384. The van der Waals surface area contributed by atoms with Gasteiger partial charge in [0.2, 0.25) is 0 Å². The highest BCUT2D eigenvalue weighted by Gasteiger charge is 2.16. The third-order valence-electron chi connectivity index (χ3n) is 3.54. The Balaban J connectivity index is 2.13. The highest BCUT2D eigenvalue weighted by Crippen LogP contribution is 2.25. The van der Waals surface area contributed by atoms with E-state index in [2.05, 4.69) is 11.9 Å². The zero-order chi connectivity index (χ0) is 20.0. The number of non-ortho nitro benzene ring substituents is 1. The molecule has 2 rings (SSSR count). The molecule has 0 unspecified atom stereocenters. The Labute approximate surface area is 156 Å². The molecule has 0 saturated carbocycles. The summed E-state index contributed by atoms with van der Waals surface area (Å²) in [6, 6.07) is 10.1. The SMILES string of the molecule is C=CCc1cc([N+](=O)[O-])ccc1OCC(=O)Nc1ccccc1S(C)(=O)=O. The predicted octanol–water partition coefficient (Wildman–Crippen LogP) is 2.74. The Morgan fingerprint density at radius 2 is 2.00 bits per heavy atom. The number of allylic oxidation sites excluding steroid dienone is 1. The van der Waals surface area contributed by atoms with Gasteiger partial charge in [0.15, 0.2) is 16.4 Å². The Kier molecular flexibility index (Phi) is 6.30. The summed E-state index contributed by atoms with van der Waals surface area (Å²) in [4.78, 5) is 22.5. The molecule has 0 atom stereocenters. The first-order chi connectivity index (χ1) is 12.7. The smallest absolute Gasteiger partial charge is 0.269 e. The maximum atomic E-state index is 12.1. The van der Waals surface area contributed by atoms with Crippen molar-refractivity contribution in [2.75, 3.05) is 18.2 Å². The Hall–Kier alpha value is -3.20. The molecule has 0 aromatic heterocycles. The summed E-state index contributed by atoms with van der Waals surface area (Å²) in [5.41, 5.74) is 0.581. The van der Waals surface area contributed by atoms with Crippen LogP contribution in [0.25, 0.3) is 0 Å². The number of nitrogens with one attached hydrogen (secondary N) is 1. The van der Waals surface area contributed by atoms with E-state index in [1.165, 1.54) is 30.3 Å². The lowest BCUT2D eigenvalue weighted by atomic mass is 10.1. The number of hydrogen-bond donors (Lipinski definition) is 1. The molecule has 0 aliphatic rings. The summed E-state index contributed by atoms with van der Waals surface area (Å²) >= 11 is 0. The lowest BCUT2D eigenvalue weighted by Crippen LogP contribution is -2.21. The maximum Gasteiger partial charge on any atom is 0.269 e. The van der Waals surface area contributed by atoms with Gasteiger partial charge in [-0.2, -0.15) is 0 Å². The minimum Gasteiger partial charge on any atom is -0.483 e. The second-order valence-corrected chi connectivity index (χ2v) is 7.63. The average molecular weight is 390 g/mol. The number of amides is 1. The van der Waals surface area contributed by atoms with Gasteiger partial charge in [0, 0.05) is 24.0 Å². The number of carbonyl (C=O) groups is 1. The van der Waals surface area contributed by atoms with Gasteiger partial charge in [-0.25, -0.2) is 8.42 Å². The largest absolute Gasteiger partial charge is 0.483 e. The first-order valence-electron chi connectivity index (χ1n) is 7.82. The minimum atomic E-state index is -3.50. The second kappa shape index (κ2) is 8.45. The van der Waals surface area contributed by atoms with Crippen LogP contribution in [-0.2, 0) is 21.1 Å². The van der Waals surface area contributed by atoms with Crippen LogP contribution in [-0.4, -0.2) is 32.1 Å². The zero-order valence-corrected chi connectivity index (χ0v) is 15.4. The summed E-state index contributed by atoms with van der Waals surface area (Å²) in [6.45, 7) is 3.20. The Morgan fingerprint density at radius 3 is 2.63 bits per heavy atom. The van der Waals surface area contributed by atoms with Crippen LogP contribution in [0.4, 0.5) is 11.4 Å². The average Bonchev–Trinajstić information content (AvgIpc) is 2.60. The molecule has 0 bridgehead atoms. The van der Waals surface area contributed by atoms with Gasteiger partial charge in [0.25, 0.3) is 11.6 Å². The van der Waals surface area contributed by atoms with E-state index in [4.69, 9.17) is 4.74 Å². The highest BCUT2D eigenvalue weighted by molar-refractivity contribution is 7.90. The first-order valence-corrected chi connectivity index (χ1v) is 9.71. The van der Waals surface area contributed by atoms with Gasteiger partial charge in [-0.3, -0.25) is 14.9 Å². The van der Waals surface area contributed by atoms with Crippen LogP contribution < -0.4 is 10.1 Å². The molecule has 2 aromatic carbocycles. The van der Waals surface area contributed by atoms with E-state index in [1.807, 2.05) is 0 Å². The van der Waals surface area contributed by atoms with Gasteiger partial charge in [0.1, 0.15) is 5.75 Å². The van der Waals surface area contributed by atoms with Crippen molar-refractivity contribution in [2.45, 2.75) is 11.3 Å². The summed E-state index contributed by atoms with van der Waals surface area (Å²) in [5, 5.41) is 13.4. The molecule has 0 spiro atoms. The molecule has 9 heteroatoms. The number of ether oxygens (including phenoxy) is 1. The molecule has 0 aliphatic carbocycles. The van der Waals surface area contributed by atoms with Crippen molar-refractivity contribution in [1.82, 2.24) is 0 Å². The molecule has 0 fully saturated rings. The number of nitrogens with zero attached hydrogens (tertiary/aromatic N) is 1. The van der Waals surface area contributed by atoms with Crippen LogP contribution in [0.15, 0.2) is 60.0 Å². The number of benzene rings is 2. The fourth-order valence-corrected chi connectivity index (χ4v) is 3.20. The maximum absolute atomic E-state index is 12.1. The fourth-order valence-electron chi connectivity index (χ4n) is 2.36. The van der Waals surface area contributed by atoms with Crippen LogP contribution in [0.5, 0.6) is 5.75 Å². The molecule has 1 amide bonds. The molecule has 0 aliphatic heterocycles. The van der Waals surface area contributed by atoms with Crippen LogP contribution >= 0.6 is 0 Å². The number of para-hydroxylation sites is 1. The highest BCUT2D eigenvalue weighted by atomic mass is 32.2. The van der Waals surface area contributed by atoms with Crippen molar-refractivity contribution >= 4 is 27.1 Å². The molecule has 0 saturated heterocycles. The van der Waals surface area contributed by atoms with Crippen molar-refractivity contribution < 1.29 is 22.9 Å². The number of nitro benzene ring substituents is 1. The van der Waals surface area contributed by atoms with E-state index in [-0.39, 0.29) is 22.9 Å². The van der Waals surface area contributed by atoms with E-state index in [1.54, 1.807) is 18.2 Å². The fraction of sp³-hybridized carbons (Fsp3) is 0.167. The van der Waals surface area contributed by atoms with Crippen molar-refractivity contribution in [3.63, 3.8) is 0 Å². The quantitative estimate of drug-likeness (QED) is 0.421. The van der Waals surface area contributed by atoms with Gasteiger partial charge in [0.05, 0.1) is 15.5 Å². The molecule has 27 heavy (non-hydrogen) atoms. The standard InChI is InChI=1S/C18H18N2O6S/c1-3-6-13-11-14(20(22)23)9-10-16(13)26-12-18(21)19-15-7-4-5-8-17(15)27(2,24)25/h3-5,7-11H,1,6,12H2,2H3,(H,19,21). The Bertz CT molecular complexity index is 985. The van der Waals surface area contributed by atoms with E-state index in [0.717, 1.165) is 6.26 Å². The molecule has 1 N–H and O–H groups in total. The van der Waals surface area contributed by atoms with Crippen molar-refractivity contribution in [3.05, 3.63) is 70.8 Å². The third kappa shape index (κ3) is 5.38. The van der Waals surface area contributed by atoms with Gasteiger partial charge >= 0.3 is 0 Å². The summed E-state index contributed by atoms with van der Waals surface area (Å²) in [5.74, 6) is -0.249. The van der Waals surface area contributed by atoms with Crippen LogP contribution in [0.1, 0.15) is 5.56 Å². The summed E-state index contributed by atoms with van der Waals surface area (Å²) in [6.07, 6.45) is 2.94. The molecule has 142 valence electrons. The monoisotopic (exact) mass is 390 g/mol. The summed E-state index contributed by atoms with van der Waals surface area (Å²) < 4.78 is 29.0. The number of sulfone groups is 1.